The Bertz CT molecular complexity index is 1080. The zero-order valence-electron chi connectivity index (χ0n) is 14.9. The molecule has 0 atom stereocenters. The molecular weight excluding hydrogens is 304 g/mol. The Hall–Kier alpha value is -3.00. The van der Waals surface area contributed by atoms with E-state index < -0.39 is 0 Å². The van der Waals surface area contributed by atoms with Crippen molar-refractivity contribution in [3.05, 3.63) is 84.6 Å². The summed E-state index contributed by atoms with van der Waals surface area (Å²) >= 11 is 0. The van der Waals surface area contributed by atoms with Gasteiger partial charge >= 0.3 is 0 Å². The molecule has 122 valence electrons. The number of rotatable bonds is 2. The Morgan fingerprint density at radius 2 is 1.36 bits per heavy atom. The van der Waals surface area contributed by atoms with Gasteiger partial charge in [0, 0.05) is 40.8 Å². The van der Waals surface area contributed by atoms with Gasteiger partial charge < -0.3 is 0 Å². The highest BCUT2D eigenvalue weighted by atomic mass is 14.9. The number of aryl methyl sites for hydroxylation is 2. The van der Waals surface area contributed by atoms with Crippen molar-refractivity contribution in [2.75, 3.05) is 0 Å². The van der Waals surface area contributed by atoms with Crippen LogP contribution in [0.15, 0.2) is 79.0 Å². The predicted octanol–water partition coefficient (Wildman–Crippen LogP) is 4.13. The quantitative estimate of drug-likeness (QED) is 0.489. The van der Waals surface area contributed by atoms with E-state index in [4.69, 9.17) is 0 Å². The first-order valence-corrected chi connectivity index (χ1v) is 8.59. The molecule has 4 rings (SSSR count). The van der Waals surface area contributed by atoms with Gasteiger partial charge in [0.05, 0.1) is 0 Å². The average molecular weight is 326 g/mol. The van der Waals surface area contributed by atoms with Crippen molar-refractivity contribution in [1.29, 1.82) is 0 Å². The van der Waals surface area contributed by atoms with Crippen LogP contribution in [0.25, 0.3) is 33.4 Å². The Morgan fingerprint density at radius 3 is 2.16 bits per heavy atom. The van der Waals surface area contributed by atoms with Crippen LogP contribution in [-0.4, -0.2) is 0 Å². The van der Waals surface area contributed by atoms with Gasteiger partial charge in [-0.1, -0.05) is 18.2 Å². The number of fused-ring (bicyclic) bond motifs is 1. The SMILES string of the molecule is Cc1c(-c2cccc[n+]2C)cccc1-c1ccc2ccccc2[n+]1C. The summed E-state index contributed by atoms with van der Waals surface area (Å²) in [5, 5.41) is 1.26. The van der Waals surface area contributed by atoms with E-state index in [0.717, 1.165) is 0 Å². The van der Waals surface area contributed by atoms with Crippen LogP contribution >= 0.6 is 0 Å². The van der Waals surface area contributed by atoms with E-state index in [1.807, 2.05) is 0 Å². The second-order valence-corrected chi connectivity index (χ2v) is 6.51. The van der Waals surface area contributed by atoms with Gasteiger partial charge in [0.25, 0.3) is 0 Å². The average Bonchev–Trinajstić information content (AvgIpc) is 2.64. The Labute approximate surface area is 148 Å². The lowest BCUT2D eigenvalue weighted by Crippen LogP contribution is -2.32. The Kier molecular flexibility index (Phi) is 3.81. The molecule has 0 N–H and O–H groups in total. The lowest BCUT2D eigenvalue weighted by atomic mass is 9.96. The summed E-state index contributed by atoms with van der Waals surface area (Å²) in [7, 11) is 4.24. The van der Waals surface area contributed by atoms with Crippen molar-refractivity contribution < 1.29 is 9.13 Å². The summed E-state index contributed by atoms with van der Waals surface area (Å²) in [6.07, 6.45) is 2.09. The van der Waals surface area contributed by atoms with Gasteiger partial charge in [-0.3, -0.25) is 0 Å². The molecule has 0 unspecified atom stereocenters. The van der Waals surface area contributed by atoms with E-state index in [1.54, 1.807) is 0 Å². The Morgan fingerprint density at radius 1 is 0.640 bits per heavy atom. The molecule has 25 heavy (non-hydrogen) atoms. The van der Waals surface area contributed by atoms with Crippen LogP contribution in [0, 0.1) is 6.92 Å². The first kappa shape index (κ1) is 15.5. The molecule has 2 aromatic heterocycles. The molecule has 0 aliphatic heterocycles. The summed E-state index contributed by atoms with van der Waals surface area (Å²) in [6, 6.07) is 25.8. The molecule has 0 saturated heterocycles. The van der Waals surface area contributed by atoms with Crippen molar-refractivity contribution >= 4 is 10.9 Å². The van der Waals surface area contributed by atoms with Gasteiger partial charge in [-0.15, -0.1) is 0 Å². The number of aromatic nitrogens is 2. The highest BCUT2D eigenvalue weighted by molar-refractivity contribution is 5.79. The van der Waals surface area contributed by atoms with E-state index in [9.17, 15) is 0 Å². The third-order valence-corrected chi connectivity index (χ3v) is 5.02. The van der Waals surface area contributed by atoms with Gasteiger partial charge in [0.15, 0.2) is 6.20 Å². The molecule has 2 aromatic carbocycles. The van der Waals surface area contributed by atoms with Crippen LogP contribution in [-0.2, 0) is 14.1 Å². The van der Waals surface area contributed by atoms with Gasteiger partial charge in [-0.25, -0.2) is 4.57 Å². The van der Waals surface area contributed by atoms with Crippen LogP contribution in [0.2, 0.25) is 0 Å². The van der Waals surface area contributed by atoms with Crippen LogP contribution in [0.3, 0.4) is 0 Å². The third kappa shape index (κ3) is 2.60. The molecule has 0 saturated carbocycles. The molecule has 0 radical (unpaired) electrons. The van der Waals surface area contributed by atoms with Crippen molar-refractivity contribution in [3.8, 4) is 22.5 Å². The van der Waals surface area contributed by atoms with Crippen LogP contribution in [0.5, 0.6) is 0 Å². The van der Waals surface area contributed by atoms with E-state index in [1.165, 1.54) is 39.0 Å². The minimum Gasteiger partial charge on any atom is -0.201 e. The standard InChI is InChI=1S/C23H22N2/c1-17-19(22-13-6-7-16-24(22)2)10-8-11-20(17)23-15-14-18-9-4-5-12-21(18)25(23)3/h4-16H,1-3H3/q+2. The molecule has 4 aromatic rings. The second-order valence-electron chi connectivity index (χ2n) is 6.51. The second kappa shape index (κ2) is 6.14. The molecule has 2 heterocycles. The van der Waals surface area contributed by atoms with Gasteiger partial charge in [-0.05, 0) is 42.8 Å². The normalized spacial score (nSPS) is 11.0. The maximum Gasteiger partial charge on any atom is 0.213 e. The largest absolute Gasteiger partial charge is 0.213 e. The number of para-hydroxylation sites is 1. The molecule has 0 amide bonds. The van der Waals surface area contributed by atoms with Gasteiger partial charge in [0.1, 0.15) is 14.1 Å². The number of hydrogen-bond acceptors (Lipinski definition) is 0. The molecule has 0 spiro atoms. The highest BCUT2D eigenvalue weighted by Crippen LogP contribution is 2.29. The number of nitrogens with zero attached hydrogens (tertiary/aromatic N) is 2. The van der Waals surface area contributed by atoms with Crippen molar-refractivity contribution in [3.63, 3.8) is 0 Å². The number of pyridine rings is 2. The molecule has 0 aliphatic rings. The summed E-state index contributed by atoms with van der Waals surface area (Å²) in [6.45, 7) is 2.22. The fourth-order valence-corrected chi connectivity index (χ4v) is 3.61. The number of hydrogen-bond donors (Lipinski definition) is 0. The molecule has 2 heteroatoms. The van der Waals surface area contributed by atoms with Gasteiger partial charge in [0.2, 0.25) is 16.9 Å². The first-order valence-electron chi connectivity index (χ1n) is 8.59. The fourth-order valence-electron chi connectivity index (χ4n) is 3.61. The summed E-state index contributed by atoms with van der Waals surface area (Å²) in [5.41, 5.74) is 7.55. The summed E-state index contributed by atoms with van der Waals surface area (Å²) in [4.78, 5) is 0. The first-order chi connectivity index (χ1) is 12.2. The summed E-state index contributed by atoms with van der Waals surface area (Å²) in [5.74, 6) is 0. The number of benzene rings is 2. The minimum atomic E-state index is 1.23. The van der Waals surface area contributed by atoms with E-state index >= 15 is 0 Å². The molecule has 2 nitrogen and oxygen atoms in total. The van der Waals surface area contributed by atoms with E-state index in [2.05, 4.69) is 109 Å². The van der Waals surface area contributed by atoms with Crippen LogP contribution < -0.4 is 9.13 Å². The fraction of sp³-hybridized carbons (Fsp3) is 0.130. The topological polar surface area (TPSA) is 7.76 Å². The highest BCUT2D eigenvalue weighted by Gasteiger charge is 2.19. The molecule has 0 fully saturated rings. The lowest BCUT2D eigenvalue weighted by Gasteiger charge is -2.10. The van der Waals surface area contributed by atoms with Crippen molar-refractivity contribution in [2.45, 2.75) is 6.92 Å². The maximum absolute atomic E-state index is 2.28. The van der Waals surface area contributed by atoms with E-state index in [0.29, 0.717) is 0 Å². The minimum absolute atomic E-state index is 1.23. The maximum atomic E-state index is 2.28. The van der Waals surface area contributed by atoms with Crippen LogP contribution in [0.4, 0.5) is 0 Å². The third-order valence-electron chi connectivity index (χ3n) is 5.02. The Balaban J connectivity index is 1.95. The van der Waals surface area contributed by atoms with Crippen molar-refractivity contribution in [1.82, 2.24) is 0 Å². The van der Waals surface area contributed by atoms with E-state index in [-0.39, 0.29) is 0 Å². The zero-order chi connectivity index (χ0) is 17.4. The van der Waals surface area contributed by atoms with Crippen LogP contribution in [0.1, 0.15) is 5.56 Å². The molecule has 0 bridgehead atoms. The smallest absolute Gasteiger partial charge is 0.201 e. The zero-order valence-corrected chi connectivity index (χ0v) is 14.9. The molecular formula is C23H22N2+2. The lowest BCUT2D eigenvalue weighted by molar-refractivity contribution is -0.660. The van der Waals surface area contributed by atoms with Crippen molar-refractivity contribution in [2.24, 2.45) is 14.1 Å². The van der Waals surface area contributed by atoms with Gasteiger partial charge in [-0.2, -0.15) is 4.57 Å². The summed E-state index contributed by atoms with van der Waals surface area (Å²) < 4.78 is 4.46. The predicted molar refractivity (Wildman–Crippen MR) is 102 cm³/mol. The molecule has 0 aliphatic carbocycles. The monoisotopic (exact) mass is 326 g/mol.